The highest BCUT2D eigenvalue weighted by molar-refractivity contribution is 6.13. The molecule has 0 amide bonds. The summed E-state index contributed by atoms with van der Waals surface area (Å²) in [7, 11) is 0. The first-order valence-electron chi connectivity index (χ1n) is 14.7. The smallest absolute Gasteiger partial charge is 0.0760 e. The topological polar surface area (TPSA) is 4.93 Å². The summed E-state index contributed by atoms with van der Waals surface area (Å²) in [5, 5.41) is 2.62. The second-order valence-corrected chi connectivity index (χ2v) is 11.9. The van der Waals surface area contributed by atoms with Crippen LogP contribution in [0.25, 0.3) is 49.7 Å². The molecule has 1 aromatic heterocycles. The van der Waals surface area contributed by atoms with Gasteiger partial charge in [-0.1, -0.05) is 135 Å². The molecule has 1 atom stereocenters. The third-order valence-electron chi connectivity index (χ3n) is 9.60. The first-order chi connectivity index (χ1) is 20.2. The van der Waals surface area contributed by atoms with Crippen molar-refractivity contribution in [3.05, 3.63) is 161 Å². The van der Waals surface area contributed by atoms with Gasteiger partial charge in [-0.05, 0) is 68.1 Å². The molecule has 0 fully saturated rings. The van der Waals surface area contributed by atoms with Crippen LogP contribution >= 0.6 is 0 Å². The Bertz CT molecular complexity index is 2180. The quantitative estimate of drug-likeness (QED) is 0.212. The van der Waals surface area contributed by atoms with Gasteiger partial charge in [-0.15, -0.1) is 0 Å². The number of para-hydroxylation sites is 3. The molecule has 1 unspecified atom stereocenters. The van der Waals surface area contributed by atoms with E-state index in [4.69, 9.17) is 0 Å². The van der Waals surface area contributed by atoms with Gasteiger partial charge < -0.3 is 4.57 Å². The zero-order valence-corrected chi connectivity index (χ0v) is 23.2. The lowest BCUT2D eigenvalue weighted by molar-refractivity contribution is 0.750. The summed E-state index contributed by atoms with van der Waals surface area (Å²) < 4.78 is 2.52. The van der Waals surface area contributed by atoms with E-state index in [1.165, 1.54) is 77.6 Å². The van der Waals surface area contributed by atoms with E-state index in [0.717, 1.165) is 0 Å². The fourth-order valence-electron chi connectivity index (χ4n) is 7.91. The van der Waals surface area contributed by atoms with Crippen molar-refractivity contribution < 1.29 is 0 Å². The fourth-order valence-corrected chi connectivity index (χ4v) is 7.91. The Labute approximate surface area is 240 Å². The highest BCUT2D eigenvalue weighted by Crippen LogP contribution is 2.62. The molecule has 7 aromatic rings. The van der Waals surface area contributed by atoms with Gasteiger partial charge >= 0.3 is 0 Å². The van der Waals surface area contributed by atoms with E-state index >= 15 is 0 Å². The zero-order valence-electron chi connectivity index (χ0n) is 23.2. The third-order valence-corrected chi connectivity index (χ3v) is 9.60. The first-order valence-corrected chi connectivity index (χ1v) is 14.7. The molecule has 9 rings (SSSR count). The number of hydrogen-bond acceptors (Lipinski definition) is 0. The van der Waals surface area contributed by atoms with E-state index in [-0.39, 0.29) is 0 Å². The minimum Gasteiger partial charge on any atom is -0.309 e. The van der Waals surface area contributed by atoms with Gasteiger partial charge in [0.1, 0.15) is 0 Å². The molecule has 0 saturated carbocycles. The van der Waals surface area contributed by atoms with Gasteiger partial charge in [-0.3, -0.25) is 0 Å². The Morgan fingerprint density at radius 2 is 1.15 bits per heavy atom. The van der Waals surface area contributed by atoms with Gasteiger partial charge in [-0.2, -0.15) is 0 Å². The van der Waals surface area contributed by atoms with E-state index in [0.29, 0.717) is 5.92 Å². The standard InChI is InChI=1S/C40H29N/c1-25(2)26-21-23-27(24-22-26)28-13-9-14-31-29-11-3-5-16-33(29)40(38(28)31)34-17-6-8-20-37(34)41-36-19-7-4-12-30(36)32-15-10-18-35(40)39(32)41/h3-25H,1-2H3. The van der Waals surface area contributed by atoms with Crippen LogP contribution in [0.5, 0.6) is 0 Å². The van der Waals surface area contributed by atoms with Crippen molar-refractivity contribution in [2.75, 3.05) is 0 Å². The number of rotatable bonds is 2. The monoisotopic (exact) mass is 523 g/mol. The Morgan fingerprint density at radius 1 is 0.512 bits per heavy atom. The van der Waals surface area contributed by atoms with Crippen molar-refractivity contribution in [1.82, 2.24) is 4.57 Å². The lowest BCUT2D eigenvalue weighted by Gasteiger charge is -2.40. The molecule has 6 aromatic carbocycles. The third kappa shape index (κ3) is 2.76. The molecule has 1 aliphatic heterocycles. The van der Waals surface area contributed by atoms with Crippen LogP contribution in [0.15, 0.2) is 133 Å². The highest BCUT2D eigenvalue weighted by Gasteiger charge is 2.51. The number of benzene rings is 6. The molecule has 194 valence electrons. The lowest BCUT2D eigenvalue weighted by Crippen LogP contribution is -2.34. The SMILES string of the molecule is CC(C)c1ccc(-c2cccc3c2C2(c4ccccc4-3)c3ccccc3-n3c4ccccc4c4cccc2c43)cc1. The molecule has 41 heavy (non-hydrogen) atoms. The van der Waals surface area contributed by atoms with Crippen LogP contribution in [0, 0.1) is 0 Å². The van der Waals surface area contributed by atoms with E-state index in [1.807, 2.05) is 0 Å². The van der Waals surface area contributed by atoms with Gasteiger partial charge in [-0.25, -0.2) is 0 Å². The number of aromatic nitrogens is 1. The van der Waals surface area contributed by atoms with Crippen LogP contribution in [0.4, 0.5) is 0 Å². The predicted octanol–water partition coefficient (Wildman–Crippen LogP) is 10.3. The van der Waals surface area contributed by atoms with Gasteiger partial charge in [0, 0.05) is 10.8 Å². The minimum atomic E-state index is -0.431. The number of nitrogens with zero attached hydrogens (tertiary/aromatic N) is 1. The van der Waals surface area contributed by atoms with Crippen molar-refractivity contribution in [3.8, 4) is 27.9 Å². The Hall–Kier alpha value is -4.88. The normalized spacial score (nSPS) is 16.4. The molecule has 1 spiro atoms. The zero-order chi connectivity index (χ0) is 27.3. The van der Waals surface area contributed by atoms with Gasteiger partial charge in [0.25, 0.3) is 0 Å². The van der Waals surface area contributed by atoms with Crippen LogP contribution in [0.3, 0.4) is 0 Å². The van der Waals surface area contributed by atoms with Crippen molar-refractivity contribution in [2.24, 2.45) is 0 Å². The van der Waals surface area contributed by atoms with Crippen LogP contribution in [-0.2, 0) is 5.41 Å². The maximum Gasteiger partial charge on any atom is 0.0760 e. The van der Waals surface area contributed by atoms with Crippen LogP contribution in [-0.4, -0.2) is 4.57 Å². The summed E-state index contributed by atoms with van der Waals surface area (Å²) in [4.78, 5) is 0. The molecule has 1 nitrogen and oxygen atoms in total. The summed E-state index contributed by atoms with van der Waals surface area (Å²) in [5.41, 5.74) is 15.5. The number of fused-ring (bicyclic) bond motifs is 12. The molecule has 0 saturated heterocycles. The Balaban J connectivity index is 1.50. The van der Waals surface area contributed by atoms with E-state index in [1.54, 1.807) is 0 Å². The Kier molecular flexibility index (Phi) is 4.51. The first kappa shape index (κ1) is 22.9. The van der Waals surface area contributed by atoms with Crippen molar-refractivity contribution in [3.63, 3.8) is 0 Å². The second kappa shape index (κ2) is 8.08. The second-order valence-electron chi connectivity index (χ2n) is 11.9. The summed E-state index contributed by atoms with van der Waals surface area (Å²) in [6.45, 7) is 4.53. The molecule has 2 heterocycles. The molecule has 1 heteroatoms. The summed E-state index contributed by atoms with van der Waals surface area (Å²) >= 11 is 0. The van der Waals surface area contributed by atoms with Gasteiger partial charge in [0.15, 0.2) is 0 Å². The van der Waals surface area contributed by atoms with Crippen LogP contribution in [0.1, 0.15) is 47.6 Å². The summed E-state index contributed by atoms with van der Waals surface area (Å²) in [6, 6.07) is 50.2. The largest absolute Gasteiger partial charge is 0.309 e. The molecule has 0 radical (unpaired) electrons. The van der Waals surface area contributed by atoms with Crippen LogP contribution in [0.2, 0.25) is 0 Å². The average molecular weight is 524 g/mol. The maximum atomic E-state index is 2.52. The average Bonchev–Trinajstić information content (AvgIpc) is 3.52. The Morgan fingerprint density at radius 3 is 2.00 bits per heavy atom. The molecular weight excluding hydrogens is 494 g/mol. The molecule has 0 bridgehead atoms. The van der Waals surface area contributed by atoms with Crippen LogP contribution < -0.4 is 0 Å². The van der Waals surface area contributed by atoms with E-state index < -0.39 is 5.41 Å². The predicted molar refractivity (Wildman–Crippen MR) is 171 cm³/mol. The lowest BCUT2D eigenvalue weighted by atomic mass is 9.64. The van der Waals surface area contributed by atoms with Gasteiger partial charge in [0.05, 0.1) is 22.1 Å². The van der Waals surface area contributed by atoms with Crippen molar-refractivity contribution in [2.45, 2.75) is 25.2 Å². The summed E-state index contributed by atoms with van der Waals surface area (Å²) in [6.07, 6.45) is 0. The summed E-state index contributed by atoms with van der Waals surface area (Å²) in [5.74, 6) is 0.505. The highest BCUT2D eigenvalue weighted by atomic mass is 15.0. The van der Waals surface area contributed by atoms with Gasteiger partial charge in [0.2, 0.25) is 0 Å². The number of hydrogen-bond donors (Lipinski definition) is 0. The van der Waals surface area contributed by atoms with E-state index in [9.17, 15) is 0 Å². The molecule has 1 aliphatic carbocycles. The van der Waals surface area contributed by atoms with Crippen molar-refractivity contribution >= 4 is 21.8 Å². The van der Waals surface area contributed by atoms with E-state index in [2.05, 4.69) is 152 Å². The molecular formula is C40H29N. The molecule has 2 aliphatic rings. The van der Waals surface area contributed by atoms with Crippen molar-refractivity contribution in [1.29, 1.82) is 0 Å². The minimum absolute atomic E-state index is 0.431. The molecule has 0 N–H and O–H groups in total. The fraction of sp³-hybridized carbons (Fsp3) is 0.100. The maximum absolute atomic E-state index is 2.52.